The molecule has 0 fully saturated rings. The van der Waals surface area contributed by atoms with Crippen LogP contribution in [0.3, 0.4) is 0 Å². The summed E-state index contributed by atoms with van der Waals surface area (Å²) in [5, 5.41) is 21.3. The lowest BCUT2D eigenvalue weighted by Gasteiger charge is -2.20. The number of hydrogen-bond donors (Lipinski definition) is 1. The molecule has 0 amide bonds. The maximum atomic E-state index is 10.0. The Kier molecular flexibility index (Phi) is 2.61. The predicted octanol–water partition coefficient (Wildman–Crippen LogP) is 1.97. The molecule has 17 heavy (non-hydrogen) atoms. The molecule has 1 aromatic carbocycles. The topological polar surface area (TPSA) is 63.8 Å². The van der Waals surface area contributed by atoms with E-state index in [1.807, 2.05) is 19.1 Å². The highest BCUT2D eigenvalue weighted by Crippen LogP contribution is 2.31. The minimum Gasteiger partial charge on any atom is -0.508 e. The van der Waals surface area contributed by atoms with Crippen LogP contribution in [0, 0.1) is 6.92 Å². The third kappa shape index (κ3) is 2.13. The smallest absolute Gasteiger partial charge is 0.153 e. The Bertz CT molecular complexity index is 540. The van der Waals surface area contributed by atoms with Crippen molar-refractivity contribution in [1.29, 1.82) is 0 Å². The maximum absolute atomic E-state index is 10.0. The number of aromatic nitrogens is 4. The lowest BCUT2D eigenvalue weighted by Crippen LogP contribution is -2.11. The van der Waals surface area contributed by atoms with Crippen molar-refractivity contribution < 1.29 is 5.11 Å². The first-order chi connectivity index (χ1) is 7.89. The van der Waals surface area contributed by atoms with Gasteiger partial charge in [-0.1, -0.05) is 26.8 Å². The van der Waals surface area contributed by atoms with Crippen molar-refractivity contribution in [2.75, 3.05) is 0 Å². The number of rotatable bonds is 1. The van der Waals surface area contributed by atoms with E-state index in [0.717, 1.165) is 11.3 Å². The quantitative estimate of drug-likeness (QED) is 0.816. The van der Waals surface area contributed by atoms with Crippen LogP contribution in [0.15, 0.2) is 18.2 Å². The second-order valence-electron chi connectivity index (χ2n) is 5.09. The number of benzene rings is 1. The average Bonchev–Trinajstić information content (AvgIpc) is 2.62. The Morgan fingerprint density at radius 1 is 1.24 bits per heavy atom. The van der Waals surface area contributed by atoms with E-state index in [4.69, 9.17) is 0 Å². The molecule has 2 rings (SSSR count). The molecule has 0 radical (unpaired) electrons. The van der Waals surface area contributed by atoms with E-state index in [1.54, 1.807) is 10.7 Å². The molecule has 1 aromatic heterocycles. The van der Waals surface area contributed by atoms with E-state index in [-0.39, 0.29) is 11.2 Å². The van der Waals surface area contributed by atoms with Crippen molar-refractivity contribution >= 4 is 0 Å². The predicted molar refractivity (Wildman–Crippen MR) is 64.3 cm³/mol. The highest BCUT2D eigenvalue weighted by atomic mass is 16.3. The molecule has 0 atom stereocenters. The Morgan fingerprint density at radius 2 is 1.94 bits per heavy atom. The zero-order valence-corrected chi connectivity index (χ0v) is 10.5. The Hall–Kier alpha value is -1.91. The van der Waals surface area contributed by atoms with Gasteiger partial charge in [0, 0.05) is 6.07 Å². The number of phenolic OH excluding ortho intramolecular Hbond substituents is 1. The molecule has 0 unspecified atom stereocenters. The van der Waals surface area contributed by atoms with Crippen molar-refractivity contribution in [2.45, 2.75) is 33.1 Å². The van der Waals surface area contributed by atoms with E-state index in [2.05, 4.69) is 36.3 Å². The summed E-state index contributed by atoms with van der Waals surface area (Å²) in [6.07, 6.45) is 0. The summed E-state index contributed by atoms with van der Waals surface area (Å²) in [4.78, 5) is 0. The van der Waals surface area contributed by atoms with E-state index in [9.17, 15) is 5.11 Å². The van der Waals surface area contributed by atoms with Gasteiger partial charge in [-0.05, 0) is 34.4 Å². The second kappa shape index (κ2) is 3.84. The van der Waals surface area contributed by atoms with Crippen molar-refractivity contribution in [2.24, 2.45) is 0 Å². The Balaban J connectivity index is 2.49. The summed E-state index contributed by atoms with van der Waals surface area (Å²) in [6.45, 7) is 7.99. The Labute approximate surface area is 100 Å². The molecule has 1 N–H and O–H groups in total. The fourth-order valence-corrected chi connectivity index (χ4v) is 1.76. The first-order valence-electron chi connectivity index (χ1n) is 5.48. The van der Waals surface area contributed by atoms with Gasteiger partial charge in [0.25, 0.3) is 0 Å². The van der Waals surface area contributed by atoms with Crippen LogP contribution in [0.5, 0.6) is 5.75 Å². The Morgan fingerprint density at radius 3 is 2.41 bits per heavy atom. The van der Waals surface area contributed by atoms with Gasteiger partial charge >= 0.3 is 0 Å². The van der Waals surface area contributed by atoms with Gasteiger partial charge in [-0.15, -0.1) is 5.10 Å². The lowest BCUT2D eigenvalue weighted by atomic mass is 9.86. The molecule has 1 heterocycles. The van der Waals surface area contributed by atoms with Crippen molar-refractivity contribution in [3.05, 3.63) is 29.6 Å². The van der Waals surface area contributed by atoms with Crippen LogP contribution in [-0.2, 0) is 5.41 Å². The number of aromatic hydroxyl groups is 1. The minimum atomic E-state index is -0.0850. The van der Waals surface area contributed by atoms with Gasteiger partial charge in [-0.25, -0.2) is 0 Å². The summed E-state index contributed by atoms with van der Waals surface area (Å²) >= 11 is 0. The molecule has 0 aliphatic carbocycles. The first-order valence-corrected chi connectivity index (χ1v) is 5.48. The zero-order valence-electron chi connectivity index (χ0n) is 10.5. The van der Waals surface area contributed by atoms with Crippen LogP contribution < -0.4 is 0 Å². The van der Waals surface area contributed by atoms with Crippen LogP contribution >= 0.6 is 0 Å². The van der Waals surface area contributed by atoms with Crippen molar-refractivity contribution in [3.8, 4) is 11.4 Å². The average molecular weight is 232 g/mol. The summed E-state index contributed by atoms with van der Waals surface area (Å²) in [7, 11) is 0. The SMILES string of the molecule is Cc1nnnn1-c1ccc(C(C)(C)C)c(O)c1. The van der Waals surface area contributed by atoms with Gasteiger partial charge in [-0.2, -0.15) is 4.68 Å². The van der Waals surface area contributed by atoms with Gasteiger partial charge < -0.3 is 5.11 Å². The molecule has 0 aliphatic heterocycles. The van der Waals surface area contributed by atoms with E-state index in [0.29, 0.717) is 5.82 Å². The van der Waals surface area contributed by atoms with Crippen molar-refractivity contribution in [1.82, 2.24) is 20.2 Å². The maximum Gasteiger partial charge on any atom is 0.153 e. The van der Waals surface area contributed by atoms with Crippen LogP contribution in [0.2, 0.25) is 0 Å². The third-order valence-corrected chi connectivity index (χ3v) is 2.66. The molecular weight excluding hydrogens is 216 g/mol. The number of tetrazole rings is 1. The lowest BCUT2D eigenvalue weighted by molar-refractivity contribution is 0.446. The fraction of sp³-hybridized carbons (Fsp3) is 0.417. The number of phenols is 1. The van der Waals surface area contributed by atoms with Crippen molar-refractivity contribution in [3.63, 3.8) is 0 Å². The van der Waals surface area contributed by atoms with Crippen LogP contribution in [-0.4, -0.2) is 25.3 Å². The van der Waals surface area contributed by atoms with E-state index >= 15 is 0 Å². The van der Waals surface area contributed by atoms with E-state index in [1.165, 1.54) is 0 Å². The molecule has 0 saturated carbocycles. The summed E-state index contributed by atoms with van der Waals surface area (Å²) in [6, 6.07) is 5.50. The van der Waals surface area contributed by atoms with Crippen LogP contribution in [0.1, 0.15) is 32.2 Å². The van der Waals surface area contributed by atoms with Gasteiger partial charge in [0.15, 0.2) is 5.82 Å². The summed E-state index contributed by atoms with van der Waals surface area (Å²) in [5.74, 6) is 0.956. The van der Waals surface area contributed by atoms with E-state index < -0.39 is 0 Å². The highest BCUT2D eigenvalue weighted by molar-refractivity contribution is 5.46. The molecule has 90 valence electrons. The van der Waals surface area contributed by atoms with Gasteiger partial charge in [0.1, 0.15) is 5.75 Å². The first kappa shape index (κ1) is 11.6. The van der Waals surface area contributed by atoms with Gasteiger partial charge in [0.2, 0.25) is 0 Å². The molecule has 5 nitrogen and oxygen atoms in total. The fourth-order valence-electron chi connectivity index (χ4n) is 1.76. The molecule has 0 spiro atoms. The number of aryl methyl sites for hydroxylation is 1. The second-order valence-corrected chi connectivity index (χ2v) is 5.09. The third-order valence-electron chi connectivity index (χ3n) is 2.66. The number of nitrogens with zero attached hydrogens (tertiary/aromatic N) is 4. The molecule has 5 heteroatoms. The van der Waals surface area contributed by atoms with Gasteiger partial charge in [-0.3, -0.25) is 0 Å². The highest BCUT2D eigenvalue weighted by Gasteiger charge is 2.18. The molecular formula is C12H16N4O. The summed E-state index contributed by atoms with van der Waals surface area (Å²) < 4.78 is 1.59. The standard InChI is InChI=1S/C12H16N4O/c1-8-13-14-15-16(8)9-5-6-10(11(17)7-9)12(2,3)4/h5-7,17H,1-4H3. The minimum absolute atomic E-state index is 0.0850. The number of hydrogen-bond acceptors (Lipinski definition) is 4. The zero-order chi connectivity index (χ0) is 12.6. The van der Waals surface area contributed by atoms with Crippen LogP contribution in [0.25, 0.3) is 5.69 Å². The molecule has 0 saturated heterocycles. The molecule has 0 aliphatic rings. The molecule has 0 bridgehead atoms. The van der Waals surface area contributed by atoms with Crippen LogP contribution in [0.4, 0.5) is 0 Å². The monoisotopic (exact) mass is 232 g/mol. The largest absolute Gasteiger partial charge is 0.508 e. The summed E-state index contributed by atoms with van der Waals surface area (Å²) in [5.41, 5.74) is 1.59. The normalized spacial score (nSPS) is 11.8. The van der Waals surface area contributed by atoms with Gasteiger partial charge in [0.05, 0.1) is 5.69 Å². The molecule has 2 aromatic rings.